The summed E-state index contributed by atoms with van der Waals surface area (Å²) in [6, 6.07) is 34.2. The molecule has 0 amide bonds. The van der Waals surface area contributed by atoms with Crippen LogP contribution in [0, 0.1) is 13.8 Å². The van der Waals surface area contributed by atoms with Crippen molar-refractivity contribution in [3.63, 3.8) is 0 Å². The highest BCUT2D eigenvalue weighted by atomic mass is 31.2. The maximum Gasteiger partial charge on any atom is 0.185 e. The number of hydrogen-bond acceptors (Lipinski definition) is 3. The molecule has 0 saturated carbocycles. The van der Waals surface area contributed by atoms with Gasteiger partial charge in [0.05, 0.1) is 10.6 Å². The summed E-state index contributed by atoms with van der Waals surface area (Å²) in [5.41, 5.74) is 6.58. The summed E-state index contributed by atoms with van der Waals surface area (Å²) in [4.78, 5) is 0. The Balaban J connectivity index is 1.51. The van der Waals surface area contributed by atoms with Gasteiger partial charge in [-0.25, -0.2) is 0 Å². The van der Waals surface area contributed by atoms with E-state index in [1.54, 1.807) is 0 Å². The lowest BCUT2D eigenvalue weighted by Crippen LogP contribution is -2.35. The van der Waals surface area contributed by atoms with Gasteiger partial charge in [-0.15, -0.1) is 0 Å². The summed E-state index contributed by atoms with van der Waals surface area (Å²) >= 11 is 0. The third-order valence-corrected chi connectivity index (χ3v) is 10.4. The van der Waals surface area contributed by atoms with Gasteiger partial charge < -0.3 is 14.0 Å². The van der Waals surface area contributed by atoms with Crippen molar-refractivity contribution in [3.05, 3.63) is 114 Å². The molecule has 0 aliphatic carbocycles. The Labute approximate surface area is 210 Å². The van der Waals surface area contributed by atoms with Crippen LogP contribution in [0.2, 0.25) is 0 Å². The number of benzene rings is 5. The highest BCUT2D eigenvalue weighted by molar-refractivity contribution is 7.86. The van der Waals surface area contributed by atoms with Crippen molar-refractivity contribution in [2.75, 3.05) is 0 Å². The van der Waals surface area contributed by atoms with Crippen LogP contribution >= 0.6 is 7.14 Å². The molecule has 174 valence electrons. The summed E-state index contributed by atoms with van der Waals surface area (Å²) in [5, 5.41) is 2.08. The molecule has 1 unspecified atom stereocenters. The molecule has 0 spiro atoms. The molecule has 3 nitrogen and oxygen atoms in total. The molecule has 7 rings (SSSR count). The van der Waals surface area contributed by atoms with Gasteiger partial charge in [-0.1, -0.05) is 66.7 Å². The highest BCUT2D eigenvalue weighted by Crippen LogP contribution is 2.59. The fraction of sp³-hybridized carbons (Fsp3) is 0.0625. The summed E-state index contributed by atoms with van der Waals surface area (Å²) in [7, 11) is -3.21. The Hall–Kier alpha value is -4.07. The standard InChI is InChI=1S/C32H23O3P/c1-20-9-3-5-11-24(20)22-15-16-31-27(17-22)35-29-19-23(25-12-6-4-10-21(25)2)18-28-32(29)36(31,33)30-14-8-7-13-26(30)34-28/h3-19H,1-2H3. The predicted molar refractivity (Wildman–Crippen MR) is 146 cm³/mol. The van der Waals surface area contributed by atoms with Gasteiger partial charge in [0.15, 0.2) is 7.14 Å². The van der Waals surface area contributed by atoms with Crippen molar-refractivity contribution in [2.24, 2.45) is 0 Å². The van der Waals surface area contributed by atoms with Crippen molar-refractivity contribution in [2.45, 2.75) is 13.8 Å². The van der Waals surface area contributed by atoms with Gasteiger partial charge in [-0.05, 0) is 83.6 Å². The van der Waals surface area contributed by atoms with Crippen LogP contribution in [0.15, 0.2) is 103 Å². The van der Waals surface area contributed by atoms with E-state index in [1.807, 2.05) is 72.8 Å². The van der Waals surface area contributed by atoms with Crippen molar-refractivity contribution in [1.82, 2.24) is 0 Å². The fourth-order valence-electron chi connectivity index (χ4n) is 5.43. The van der Waals surface area contributed by atoms with Crippen LogP contribution in [0.4, 0.5) is 0 Å². The van der Waals surface area contributed by atoms with Gasteiger partial charge in [0.2, 0.25) is 0 Å². The molecule has 0 saturated heterocycles. The van der Waals surface area contributed by atoms with Gasteiger partial charge in [-0.3, -0.25) is 0 Å². The van der Waals surface area contributed by atoms with Gasteiger partial charge in [-0.2, -0.15) is 0 Å². The van der Waals surface area contributed by atoms with Crippen LogP contribution in [-0.2, 0) is 4.57 Å². The van der Waals surface area contributed by atoms with Crippen LogP contribution in [0.25, 0.3) is 22.3 Å². The predicted octanol–water partition coefficient (Wildman–Crippen LogP) is 7.49. The first kappa shape index (κ1) is 21.2. The molecule has 0 aromatic heterocycles. The van der Waals surface area contributed by atoms with Crippen LogP contribution in [0.5, 0.6) is 23.0 Å². The second kappa shape index (κ2) is 7.71. The second-order valence-electron chi connectivity index (χ2n) is 9.41. The topological polar surface area (TPSA) is 35.5 Å². The Kier molecular flexibility index (Phi) is 4.55. The first-order valence-corrected chi connectivity index (χ1v) is 13.8. The average Bonchev–Trinajstić information content (AvgIpc) is 2.89. The molecule has 4 heteroatoms. The normalized spacial score (nSPS) is 16.7. The first-order chi connectivity index (χ1) is 17.5. The molecule has 2 aliphatic heterocycles. The van der Waals surface area contributed by atoms with Gasteiger partial charge in [0.25, 0.3) is 0 Å². The summed E-state index contributed by atoms with van der Waals surface area (Å²) in [5.74, 6) is 2.47. The smallest absolute Gasteiger partial charge is 0.185 e. The number of aryl methyl sites for hydroxylation is 2. The minimum atomic E-state index is -3.21. The molecule has 0 fully saturated rings. The zero-order valence-corrected chi connectivity index (χ0v) is 20.9. The summed E-state index contributed by atoms with van der Waals surface area (Å²) in [6.07, 6.45) is 0. The number of para-hydroxylation sites is 1. The van der Waals surface area contributed by atoms with E-state index in [0.29, 0.717) is 33.6 Å². The Morgan fingerprint density at radius 2 is 1.06 bits per heavy atom. The van der Waals surface area contributed by atoms with Crippen molar-refractivity contribution in [1.29, 1.82) is 0 Å². The average molecular weight is 487 g/mol. The Morgan fingerprint density at radius 1 is 0.528 bits per heavy atom. The third kappa shape index (κ3) is 2.96. The van der Waals surface area contributed by atoms with Crippen molar-refractivity contribution < 1.29 is 14.0 Å². The summed E-state index contributed by atoms with van der Waals surface area (Å²) in [6.45, 7) is 4.19. The fourth-order valence-corrected chi connectivity index (χ4v) is 8.45. The van der Waals surface area contributed by atoms with Crippen LogP contribution in [-0.4, -0.2) is 0 Å². The third-order valence-electron chi connectivity index (χ3n) is 7.21. The van der Waals surface area contributed by atoms with Crippen molar-refractivity contribution in [3.8, 4) is 45.3 Å². The van der Waals surface area contributed by atoms with E-state index in [0.717, 1.165) is 33.1 Å². The number of hydrogen-bond donors (Lipinski definition) is 0. The number of ether oxygens (including phenoxy) is 2. The molecule has 5 aromatic rings. The molecule has 0 N–H and O–H groups in total. The lowest BCUT2D eigenvalue weighted by molar-refractivity contribution is 0.462. The molecule has 2 heterocycles. The van der Waals surface area contributed by atoms with Crippen LogP contribution in [0.3, 0.4) is 0 Å². The molecule has 2 aliphatic rings. The monoisotopic (exact) mass is 486 g/mol. The van der Waals surface area contributed by atoms with E-state index >= 15 is 4.57 Å². The Bertz CT molecular complexity index is 1750. The van der Waals surface area contributed by atoms with Gasteiger partial charge in [0, 0.05) is 0 Å². The minimum absolute atomic E-state index is 0.595. The van der Waals surface area contributed by atoms with E-state index in [-0.39, 0.29) is 0 Å². The lowest BCUT2D eigenvalue weighted by Gasteiger charge is -2.35. The lowest BCUT2D eigenvalue weighted by atomic mass is 9.99. The van der Waals surface area contributed by atoms with E-state index < -0.39 is 7.14 Å². The van der Waals surface area contributed by atoms with E-state index in [4.69, 9.17) is 9.47 Å². The van der Waals surface area contributed by atoms with E-state index in [2.05, 4.69) is 44.2 Å². The van der Waals surface area contributed by atoms with E-state index in [9.17, 15) is 0 Å². The van der Waals surface area contributed by atoms with Gasteiger partial charge >= 0.3 is 0 Å². The second-order valence-corrected chi connectivity index (χ2v) is 12.0. The zero-order chi connectivity index (χ0) is 24.4. The largest absolute Gasteiger partial charge is 0.456 e. The number of rotatable bonds is 2. The Morgan fingerprint density at radius 3 is 1.75 bits per heavy atom. The van der Waals surface area contributed by atoms with Crippen LogP contribution in [0.1, 0.15) is 11.1 Å². The van der Waals surface area contributed by atoms with Crippen LogP contribution < -0.4 is 25.4 Å². The van der Waals surface area contributed by atoms with Gasteiger partial charge in [0.1, 0.15) is 28.3 Å². The maximum atomic E-state index is 15.2. The molecule has 36 heavy (non-hydrogen) atoms. The zero-order valence-electron chi connectivity index (χ0n) is 20.0. The van der Waals surface area contributed by atoms with Crippen molar-refractivity contribution >= 4 is 23.1 Å². The molecule has 1 atom stereocenters. The SMILES string of the molecule is Cc1ccccc1-c1ccc2c(c1)Oc1cc(-c3ccccc3C)cc3c1P2(=O)c1ccccc1O3. The quantitative estimate of drug-likeness (QED) is 0.238. The molecule has 5 aromatic carbocycles. The molecular formula is C32H23O3P. The molecule has 0 radical (unpaired) electrons. The number of fused-ring (bicyclic) bond motifs is 4. The molecule has 0 bridgehead atoms. The van der Waals surface area contributed by atoms with E-state index in [1.165, 1.54) is 5.56 Å². The highest BCUT2D eigenvalue weighted by Gasteiger charge is 2.46. The maximum absolute atomic E-state index is 15.2. The summed E-state index contributed by atoms with van der Waals surface area (Å²) < 4.78 is 28.1. The minimum Gasteiger partial charge on any atom is -0.456 e. The first-order valence-electron chi connectivity index (χ1n) is 12.0. The molecular weight excluding hydrogens is 463 g/mol.